The Balaban J connectivity index is 1.71. The van der Waals surface area contributed by atoms with Gasteiger partial charge in [0.15, 0.2) is 6.61 Å². The summed E-state index contributed by atoms with van der Waals surface area (Å²) in [7, 11) is 0. The van der Waals surface area contributed by atoms with Crippen molar-refractivity contribution in [2.75, 3.05) is 6.61 Å². The molecule has 3 aromatic carbocycles. The lowest BCUT2D eigenvalue weighted by molar-refractivity contribution is -0.139. The van der Waals surface area contributed by atoms with E-state index >= 15 is 0 Å². The summed E-state index contributed by atoms with van der Waals surface area (Å²) in [6, 6.07) is 25.5. The van der Waals surface area contributed by atoms with Crippen molar-refractivity contribution in [2.45, 2.75) is 77.9 Å². The third-order valence-electron chi connectivity index (χ3n) is 8.37. The maximum Gasteiger partial charge on any atom is 0.341 e. The molecular formula is C36H44O4. The van der Waals surface area contributed by atoms with E-state index in [0.29, 0.717) is 11.7 Å². The maximum atomic E-state index is 11.4. The molecule has 4 heteroatoms. The van der Waals surface area contributed by atoms with Gasteiger partial charge in [-0.1, -0.05) is 101 Å². The van der Waals surface area contributed by atoms with Gasteiger partial charge in [0.1, 0.15) is 5.75 Å². The number of aliphatic carboxylic acids is 1. The second kappa shape index (κ2) is 12.4. The normalized spacial score (nSPS) is 21.3. The van der Waals surface area contributed by atoms with Crippen molar-refractivity contribution < 1.29 is 19.4 Å². The first-order valence-corrected chi connectivity index (χ1v) is 14.4. The molecule has 3 aromatic rings. The van der Waals surface area contributed by atoms with Crippen LogP contribution in [0.25, 0.3) is 0 Å². The molecule has 1 fully saturated rings. The van der Waals surface area contributed by atoms with Crippen LogP contribution in [-0.4, -0.2) is 23.8 Å². The van der Waals surface area contributed by atoms with Gasteiger partial charge >= 0.3 is 5.97 Å². The number of carboxylic acid groups (broad SMARTS) is 1. The third-order valence-corrected chi connectivity index (χ3v) is 8.37. The molecule has 1 saturated heterocycles. The van der Waals surface area contributed by atoms with Crippen molar-refractivity contribution in [2.24, 2.45) is 11.8 Å². The Morgan fingerprint density at radius 2 is 1.73 bits per heavy atom. The zero-order valence-corrected chi connectivity index (χ0v) is 24.8. The van der Waals surface area contributed by atoms with Crippen LogP contribution in [-0.2, 0) is 21.4 Å². The van der Waals surface area contributed by atoms with Gasteiger partial charge in [0.25, 0.3) is 0 Å². The summed E-state index contributed by atoms with van der Waals surface area (Å²) in [4.78, 5) is 11.4. The molecule has 4 atom stereocenters. The first-order chi connectivity index (χ1) is 19.0. The molecule has 1 heterocycles. The van der Waals surface area contributed by atoms with Gasteiger partial charge in [-0.15, -0.1) is 0 Å². The highest BCUT2D eigenvalue weighted by Gasteiger charge is 2.39. The molecule has 212 valence electrons. The molecule has 0 aliphatic carbocycles. The summed E-state index contributed by atoms with van der Waals surface area (Å²) >= 11 is 0. The summed E-state index contributed by atoms with van der Waals surface area (Å²) in [5.41, 5.74) is 6.64. The quantitative estimate of drug-likeness (QED) is 0.262. The van der Waals surface area contributed by atoms with Crippen LogP contribution >= 0.6 is 0 Å². The van der Waals surface area contributed by atoms with Crippen molar-refractivity contribution in [3.8, 4) is 5.75 Å². The smallest absolute Gasteiger partial charge is 0.341 e. The van der Waals surface area contributed by atoms with Crippen molar-refractivity contribution in [1.29, 1.82) is 0 Å². The highest BCUT2D eigenvalue weighted by molar-refractivity contribution is 5.68. The lowest BCUT2D eigenvalue weighted by Gasteiger charge is -2.42. The van der Waals surface area contributed by atoms with Crippen molar-refractivity contribution >= 4 is 5.97 Å². The molecule has 0 unspecified atom stereocenters. The Bertz CT molecular complexity index is 1310. The molecule has 0 radical (unpaired) electrons. The second-order valence-corrected chi connectivity index (χ2v) is 12.3. The average Bonchev–Trinajstić information content (AvgIpc) is 2.92. The maximum absolute atomic E-state index is 11.4. The zero-order chi connectivity index (χ0) is 29.0. The number of carbonyl (C=O) groups is 1. The Kier molecular flexibility index (Phi) is 9.20. The first kappa shape index (κ1) is 29.6. The predicted octanol–water partition coefficient (Wildman–Crippen LogP) is 8.50. The van der Waals surface area contributed by atoms with Crippen LogP contribution in [0, 0.1) is 11.8 Å². The summed E-state index contributed by atoms with van der Waals surface area (Å²) in [5, 5.41) is 9.35. The average molecular weight is 541 g/mol. The van der Waals surface area contributed by atoms with Crippen molar-refractivity contribution in [3.05, 3.63) is 113 Å². The van der Waals surface area contributed by atoms with E-state index in [1.54, 1.807) is 0 Å². The van der Waals surface area contributed by atoms with Crippen molar-refractivity contribution in [3.63, 3.8) is 0 Å². The summed E-state index contributed by atoms with van der Waals surface area (Å²) in [6.45, 7) is 17.1. The molecule has 0 saturated carbocycles. The van der Waals surface area contributed by atoms with Crippen LogP contribution in [0.1, 0.15) is 87.8 Å². The first-order valence-electron chi connectivity index (χ1n) is 14.4. The van der Waals surface area contributed by atoms with Crippen LogP contribution in [0.4, 0.5) is 0 Å². The number of rotatable bonds is 10. The van der Waals surface area contributed by atoms with Crippen LogP contribution in [0.5, 0.6) is 5.75 Å². The molecule has 0 aromatic heterocycles. The van der Waals surface area contributed by atoms with E-state index in [1.165, 1.54) is 16.7 Å². The predicted molar refractivity (Wildman–Crippen MR) is 162 cm³/mol. The van der Waals surface area contributed by atoms with Gasteiger partial charge in [-0.25, -0.2) is 4.79 Å². The van der Waals surface area contributed by atoms with Crippen LogP contribution in [0.15, 0.2) is 84.9 Å². The van der Waals surface area contributed by atoms with E-state index in [9.17, 15) is 9.90 Å². The van der Waals surface area contributed by atoms with Gasteiger partial charge in [-0.2, -0.15) is 0 Å². The van der Waals surface area contributed by atoms with E-state index in [0.717, 1.165) is 29.5 Å². The molecule has 1 N–H and O–H groups in total. The van der Waals surface area contributed by atoms with Gasteiger partial charge in [-0.05, 0) is 67.0 Å². The minimum absolute atomic E-state index is 0.0327. The zero-order valence-electron chi connectivity index (χ0n) is 24.8. The second-order valence-electron chi connectivity index (χ2n) is 12.3. The molecule has 40 heavy (non-hydrogen) atoms. The molecule has 4 nitrogen and oxygen atoms in total. The number of hydrogen-bond acceptors (Lipinski definition) is 3. The van der Waals surface area contributed by atoms with Gasteiger partial charge < -0.3 is 14.6 Å². The molecule has 0 amide bonds. The van der Waals surface area contributed by atoms with Gasteiger partial charge in [-0.3, -0.25) is 0 Å². The summed E-state index contributed by atoms with van der Waals surface area (Å²) in [6.07, 6.45) is 1.64. The highest BCUT2D eigenvalue weighted by atomic mass is 16.5. The largest absolute Gasteiger partial charge is 0.482 e. The summed E-state index contributed by atoms with van der Waals surface area (Å²) < 4.78 is 12.7. The molecule has 0 bridgehead atoms. The van der Waals surface area contributed by atoms with Crippen LogP contribution in [0.3, 0.4) is 0 Å². The minimum Gasteiger partial charge on any atom is -0.482 e. The Morgan fingerprint density at radius 1 is 1.05 bits per heavy atom. The molecule has 1 aliphatic rings. The number of carboxylic acids is 1. The Labute approximate surface area is 240 Å². The van der Waals surface area contributed by atoms with Gasteiger partial charge in [0.05, 0.1) is 12.2 Å². The molecule has 0 spiro atoms. The molecular weight excluding hydrogens is 496 g/mol. The number of benzene rings is 3. The number of ether oxygens (including phenoxy) is 2. The van der Waals surface area contributed by atoms with Crippen LogP contribution < -0.4 is 4.74 Å². The Morgan fingerprint density at radius 3 is 2.33 bits per heavy atom. The van der Waals surface area contributed by atoms with Gasteiger partial charge in [0, 0.05) is 22.8 Å². The number of hydrogen-bond donors (Lipinski definition) is 1. The SMILES string of the molecule is C=C(C)[C@@H]1C[C@H](c2ccc(CC(C)C)cc2)[C@H](C)O[C@@H]1c1cc(C(C)(C)c2ccccc2)ccc1OCC(=O)O. The highest BCUT2D eigenvalue weighted by Crippen LogP contribution is 2.49. The topological polar surface area (TPSA) is 55.8 Å². The molecule has 1 aliphatic heterocycles. The lowest BCUT2D eigenvalue weighted by Crippen LogP contribution is -2.35. The standard InChI is InChI=1S/C36H44O4/c1-23(2)19-26-13-15-27(16-14-26)31-21-30(24(3)4)35(40-25(31)5)32-20-29(17-18-33(32)39-22-34(37)38)36(6,7)28-11-9-8-10-12-28/h8-18,20,23,25,30-31,35H,3,19,21-22H2,1-2,4-7H3,(H,37,38)/t25-,30-,31-,35-/m0/s1. The Hall–Kier alpha value is -3.37. The fourth-order valence-electron chi connectivity index (χ4n) is 5.99. The fraction of sp³-hybridized carbons (Fsp3) is 0.417. The third kappa shape index (κ3) is 6.67. The van der Waals surface area contributed by atoms with E-state index in [2.05, 4.69) is 103 Å². The monoisotopic (exact) mass is 540 g/mol. The van der Waals surface area contributed by atoms with Crippen molar-refractivity contribution in [1.82, 2.24) is 0 Å². The summed E-state index contributed by atoms with van der Waals surface area (Å²) in [5.74, 6) is 0.457. The van der Waals surface area contributed by atoms with Crippen LogP contribution in [0.2, 0.25) is 0 Å². The molecule has 4 rings (SSSR count). The van der Waals surface area contributed by atoms with E-state index in [-0.39, 0.29) is 29.5 Å². The van der Waals surface area contributed by atoms with E-state index < -0.39 is 12.6 Å². The van der Waals surface area contributed by atoms with E-state index in [4.69, 9.17) is 9.47 Å². The fourth-order valence-corrected chi connectivity index (χ4v) is 5.99. The van der Waals surface area contributed by atoms with E-state index in [1.807, 2.05) is 18.2 Å². The minimum atomic E-state index is -1.00. The lowest BCUT2D eigenvalue weighted by atomic mass is 9.74. The van der Waals surface area contributed by atoms with Gasteiger partial charge in [0.2, 0.25) is 0 Å².